The molecule has 0 heterocycles. The van der Waals surface area contributed by atoms with Crippen LogP contribution in [0.3, 0.4) is 0 Å². The van der Waals surface area contributed by atoms with Gasteiger partial charge in [-0.3, -0.25) is 9.69 Å². The number of esters is 1. The molecule has 0 radical (unpaired) electrons. The fourth-order valence-corrected chi connectivity index (χ4v) is 3.46. The number of alkyl halides is 3. The lowest BCUT2D eigenvalue weighted by atomic mass is 9.73. The van der Waals surface area contributed by atoms with Gasteiger partial charge in [-0.2, -0.15) is 13.2 Å². The average Bonchev–Trinajstić information content (AvgIpc) is 2.39. The van der Waals surface area contributed by atoms with Gasteiger partial charge in [0.25, 0.3) is 0 Å². The highest BCUT2D eigenvalue weighted by atomic mass is 19.4. The number of hydrogen-bond donors (Lipinski definition) is 0. The summed E-state index contributed by atoms with van der Waals surface area (Å²) in [5.41, 5.74) is -0.475. The summed E-state index contributed by atoms with van der Waals surface area (Å²) in [4.78, 5) is 14.0. The second kappa shape index (κ2) is 7.47. The number of carbonyl (C=O) groups is 1. The van der Waals surface area contributed by atoms with Gasteiger partial charge in [-0.1, -0.05) is 13.8 Å². The molecule has 0 aromatic rings. The Hall–Kier alpha value is -0.780. The van der Waals surface area contributed by atoms with Crippen molar-refractivity contribution in [3.63, 3.8) is 0 Å². The molecule has 0 aliphatic heterocycles. The first kappa shape index (κ1) is 18.3. The molecule has 1 aliphatic rings. The van der Waals surface area contributed by atoms with Crippen LogP contribution in [0, 0.1) is 5.92 Å². The Balaban J connectivity index is 2.83. The topological polar surface area (TPSA) is 29.5 Å². The molecule has 0 saturated heterocycles. The van der Waals surface area contributed by atoms with Crippen LogP contribution >= 0.6 is 0 Å². The van der Waals surface area contributed by atoms with Gasteiger partial charge in [0.1, 0.15) is 0 Å². The van der Waals surface area contributed by atoms with Crippen LogP contribution in [0.2, 0.25) is 0 Å². The summed E-state index contributed by atoms with van der Waals surface area (Å²) in [7, 11) is 0. The fourth-order valence-electron chi connectivity index (χ4n) is 3.46. The SMILES string of the molecule is CCOC(=O)CC1(N(CC)CC)CCC(C(F)(F)F)CC1. The molecule has 0 bridgehead atoms. The van der Waals surface area contributed by atoms with Crippen LogP contribution in [0.25, 0.3) is 0 Å². The maximum atomic E-state index is 12.8. The molecule has 0 unspecified atom stereocenters. The van der Waals surface area contributed by atoms with Crippen molar-refractivity contribution in [3.05, 3.63) is 0 Å². The number of hydrogen-bond acceptors (Lipinski definition) is 3. The third-order valence-electron chi connectivity index (χ3n) is 4.59. The molecule has 124 valence electrons. The van der Waals surface area contributed by atoms with E-state index in [1.807, 2.05) is 13.8 Å². The third-order valence-corrected chi connectivity index (χ3v) is 4.59. The molecular formula is C15H26F3NO2. The van der Waals surface area contributed by atoms with Crippen molar-refractivity contribution in [2.45, 2.75) is 64.6 Å². The highest BCUT2D eigenvalue weighted by Gasteiger charge is 2.48. The summed E-state index contributed by atoms with van der Waals surface area (Å²) in [6.45, 7) is 7.46. The Morgan fingerprint density at radius 1 is 1.19 bits per heavy atom. The van der Waals surface area contributed by atoms with E-state index in [0.29, 0.717) is 19.4 Å². The summed E-state index contributed by atoms with van der Waals surface area (Å²) < 4.78 is 43.5. The van der Waals surface area contributed by atoms with Crippen molar-refractivity contribution < 1.29 is 22.7 Å². The molecule has 21 heavy (non-hydrogen) atoms. The summed E-state index contributed by atoms with van der Waals surface area (Å²) in [6.07, 6.45) is -2.94. The fraction of sp³-hybridized carbons (Fsp3) is 0.933. The largest absolute Gasteiger partial charge is 0.466 e. The van der Waals surface area contributed by atoms with E-state index in [9.17, 15) is 18.0 Å². The lowest BCUT2D eigenvalue weighted by molar-refractivity contribution is -0.189. The van der Waals surface area contributed by atoms with E-state index in [0.717, 1.165) is 13.1 Å². The minimum atomic E-state index is -4.13. The minimum absolute atomic E-state index is 0.0966. The molecule has 0 aromatic heterocycles. The lowest BCUT2D eigenvalue weighted by Crippen LogP contribution is -2.53. The van der Waals surface area contributed by atoms with Crippen molar-refractivity contribution in [3.8, 4) is 0 Å². The van der Waals surface area contributed by atoms with Gasteiger partial charge in [0.15, 0.2) is 0 Å². The Labute approximate surface area is 124 Å². The van der Waals surface area contributed by atoms with E-state index < -0.39 is 17.6 Å². The molecule has 1 saturated carbocycles. The zero-order chi connectivity index (χ0) is 16.1. The molecule has 0 aromatic carbocycles. The van der Waals surface area contributed by atoms with Crippen LogP contribution in [0.15, 0.2) is 0 Å². The van der Waals surface area contributed by atoms with Crippen LogP contribution in [-0.4, -0.2) is 42.3 Å². The van der Waals surface area contributed by atoms with E-state index in [4.69, 9.17) is 4.74 Å². The van der Waals surface area contributed by atoms with Gasteiger partial charge in [0, 0.05) is 5.54 Å². The smallest absolute Gasteiger partial charge is 0.391 e. The second-order valence-electron chi connectivity index (χ2n) is 5.69. The van der Waals surface area contributed by atoms with E-state index in [2.05, 4.69) is 4.90 Å². The molecule has 0 atom stereocenters. The normalized spacial score (nSPS) is 26.9. The molecule has 0 spiro atoms. The zero-order valence-electron chi connectivity index (χ0n) is 13.1. The summed E-state index contributed by atoms with van der Waals surface area (Å²) in [5.74, 6) is -1.54. The molecule has 6 heteroatoms. The first-order valence-corrected chi connectivity index (χ1v) is 7.76. The summed E-state index contributed by atoms with van der Waals surface area (Å²) in [6, 6.07) is 0. The van der Waals surface area contributed by atoms with Crippen LogP contribution in [0.4, 0.5) is 13.2 Å². The first-order chi connectivity index (χ1) is 9.79. The van der Waals surface area contributed by atoms with Crippen LogP contribution < -0.4 is 0 Å². The van der Waals surface area contributed by atoms with Crippen molar-refractivity contribution in [1.29, 1.82) is 0 Å². The number of ether oxygens (including phenoxy) is 1. The van der Waals surface area contributed by atoms with E-state index in [1.165, 1.54) is 0 Å². The molecule has 3 nitrogen and oxygen atoms in total. The Morgan fingerprint density at radius 2 is 1.71 bits per heavy atom. The van der Waals surface area contributed by atoms with Crippen molar-refractivity contribution in [2.75, 3.05) is 19.7 Å². The highest BCUT2D eigenvalue weighted by molar-refractivity contribution is 5.71. The van der Waals surface area contributed by atoms with E-state index >= 15 is 0 Å². The van der Waals surface area contributed by atoms with Crippen molar-refractivity contribution in [2.24, 2.45) is 5.92 Å². The standard InChI is InChI=1S/C15H26F3NO2/c1-4-19(5-2)14(11-13(20)21-6-3)9-7-12(8-10-14)15(16,17)18/h12H,4-11H2,1-3H3. The average molecular weight is 309 g/mol. The minimum Gasteiger partial charge on any atom is -0.466 e. The van der Waals surface area contributed by atoms with Crippen LogP contribution in [0.1, 0.15) is 52.9 Å². The lowest BCUT2D eigenvalue weighted by Gasteiger charge is -2.47. The van der Waals surface area contributed by atoms with E-state index in [1.54, 1.807) is 6.92 Å². The van der Waals surface area contributed by atoms with Crippen LogP contribution in [-0.2, 0) is 9.53 Å². The first-order valence-electron chi connectivity index (χ1n) is 7.76. The maximum Gasteiger partial charge on any atom is 0.391 e. The molecular weight excluding hydrogens is 283 g/mol. The summed E-state index contributed by atoms with van der Waals surface area (Å²) >= 11 is 0. The van der Waals surface area contributed by atoms with E-state index in [-0.39, 0.29) is 25.2 Å². The van der Waals surface area contributed by atoms with Crippen LogP contribution in [0.5, 0.6) is 0 Å². The molecule has 1 fully saturated rings. The predicted octanol–water partition coefficient (Wildman–Crippen LogP) is 3.77. The number of rotatable bonds is 6. The van der Waals surface area contributed by atoms with Gasteiger partial charge in [-0.15, -0.1) is 0 Å². The zero-order valence-corrected chi connectivity index (χ0v) is 13.1. The quantitative estimate of drug-likeness (QED) is 0.699. The Morgan fingerprint density at radius 3 is 2.10 bits per heavy atom. The van der Waals surface area contributed by atoms with Gasteiger partial charge in [-0.25, -0.2) is 0 Å². The molecule has 0 amide bonds. The van der Waals surface area contributed by atoms with Crippen molar-refractivity contribution >= 4 is 5.97 Å². The predicted molar refractivity (Wildman–Crippen MR) is 74.9 cm³/mol. The Bertz CT molecular complexity index is 332. The number of nitrogens with zero attached hydrogens (tertiary/aromatic N) is 1. The molecule has 1 rings (SSSR count). The second-order valence-corrected chi connectivity index (χ2v) is 5.69. The van der Waals surface area contributed by atoms with Gasteiger partial charge in [0.2, 0.25) is 0 Å². The van der Waals surface area contributed by atoms with Gasteiger partial charge < -0.3 is 4.74 Å². The van der Waals surface area contributed by atoms with Gasteiger partial charge in [0.05, 0.1) is 18.9 Å². The van der Waals surface area contributed by atoms with Gasteiger partial charge >= 0.3 is 12.1 Å². The molecule has 0 N–H and O–H groups in total. The molecule has 1 aliphatic carbocycles. The maximum absolute atomic E-state index is 12.8. The number of carbonyl (C=O) groups excluding carboxylic acids is 1. The van der Waals surface area contributed by atoms with Gasteiger partial charge in [-0.05, 0) is 45.7 Å². The Kier molecular flexibility index (Phi) is 6.50. The number of halogens is 3. The summed E-state index contributed by atoms with van der Waals surface area (Å²) in [5, 5.41) is 0. The third kappa shape index (κ3) is 4.59. The highest BCUT2D eigenvalue weighted by Crippen LogP contribution is 2.44. The van der Waals surface area contributed by atoms with Crippen molar-refractivity contribution in [1.82, 2.24) is 4.90 Å². The monoisotopic (exact) mass is 309 g/mol.